The molecule has 0 amide bonds. The zero-order valence-corrected chi connectivity index (χ0v) is 19.5. The van der Waals surface area contributed by atoms with E-state index in [-0.39, 0.29) is 28.7 Å². The lowest BCUT2D eigenvalue weighted by molar-refractivity contribution is -0.286. The lowest BCUT2D eigenvalue weighted by Crippen LogP contribution is -2.25. The summed E-state index contributed by atoms with van der Waals surface area (Å²) in [6.45, 7) is 0. The number of ether oxygens (including phenoxy) is 3. The third-order valence-electron chi connectivity index (χ3n) is 5.75. The van der Waals surface area contributed by atoms with Crippen LogP contribution in [-0.4, -0.2) is 25.8 Å². The number of halogens is 3. The minimum Gasteiger partial charge on any atom is -0.455 e. The van der Waals surface area contributed by atoms with E-state index in [0.717, 1.165) is 0 Å². The molecule has 0 fully saturated rings. The average molecular weight is 519 g/mol. The number of nitrogens with one attached hydrogen (secondary N) is 1. The molecule has 6 rings (SSSR count). The fraction of sp³-hybridized carbons (Fsp3) is 0.0769. The number of benzene rings is 2. The Kier molecular flexibility index (Phi) is 5.37. The van der Waals surface area contributed by atoms with Crippen molar-refractivity contribution in [3.05, 3.63) is 89.4 Å². The summed E-state index contributed by atoms with van der Waals surface area (Å²) in [6.07, 6.45) is 0.474. The molecule has 190 valence electrons. The van der Waals surface area contributed by atoms with Gasteiger partial charge in [-0.1, -0.05) is 12.1 Å². The molecule has 2 aromatic carbocycles. The van der Waals surface area contributed by atoms with E-state index in [0.29, 0.717) is 28.1 Å². The molecule has 3 aromatic heterocycles. The molecule has 0 saturated heterocycles. The summed E-state index contributed by atoms with van der Waals surface area (Å²) in [4.78, 5) is 25.7. The van der Waals surface area contributed by atoms with E-state index in [9.17, 15) is 18.0 Å². The van der Waals surface area contributed by atoms with Crippen molar-refractivity contribution in [2.75, 3.05) is 5.32 Å². The molecule has 38 heavy (non-hydrogen) atoms. The molecule has 0 bridgehead atoms. The fourth-order valence-corrected chi connectivity index (χ4v) is 3.90. The van der Waals surface area contributed by atoms with Gasteiger partial charge in [0.15, 0.2) is 11.5 Å². The highest BCUT2D eigenvalue weighted by molar-refractivity contribution is 5.88. The summed E-state index contributed by atoms with van der Waals surface area (Å²) in [5.74, 6) is 0.0769. The summed E-state index contributed by atoms with van der Waals surface area (Å²) < 4.78 is 57.1. The fourth-order valence-electron chi connectivity index (χ4n) is 3.90. The van der Waals surface area contributed by atoms with Crippen molar-refractivity contribution >= 4 is 22.5 Å². The van der Waals surface area contributed by atoms with Gasteiger partial charge in [-0.15, -0.1) is 8.78 Å². The number of anilines is 2. The normalized spacial score (nSPS) is 13.5. The van der Waals surface area contributed by atoms with Gasteiger partial charge in [-0.25, -0.2) is 9.37 Å². The van der Waals surface area contributed by atoms with Crippen molar-refractivity contribution < 1.29 is 27.4 Å². The van der Waals surface area contributed by atoms with E-state index in [1.807, 2.05) is 0 Å². The highest BCUT2D eigenvalue weighted by atomic mass is 19.3. The first-order valence-corrected chi connectivity index (χ1v) is 11.2. The van der Waals surface area contributed by atoms with E-state index in [2.05, 4.69) is 29.7 Å². The van der Waals surface area contributed by atoms with Crippen molar-refractivity contribution in [2.24, 2.45) is 7.05 Å². The van der Waals surface area contributed by atoms with Gasteiger partial charge in [-0.2, -0.15) is 0 Å². The molecule has 0 atom stereocenters. The molecule has 5 aromatic rings. The second kappa shape index (κ2) is 8.76. The SMILES string of the molecule is Cn1c(Nc2ccccc2F)ncc(-c2ccc(Oc3ccnc4cc5c(cc34)OC(F)(F)O5)cn2)c1=O. The molecule has 1 aliphatic heterocycles. The largest absolute Gasteiger partial charge is 0.586 e. The predicted octanol–water partition coefficient (Wildman–Crippen LogP) is 5.39. The third kappa shape index (κ3) is 4.21. The molecule has 4 heterocycles. The molecular weight excluding hydrogens is 503 g/mol. The molecule has 0 aliphatic carbocycles. The number of hydrogen-bond acceptors (Lipinski definition) is 8. The number of alkyl halides is 2. The van der Waals surface area contributed by atoms with Crippen LogP contribution in [0.2, 0.25) is 0 Å². The maximum atomic E-state index is 14.0. The number of fused-ring (bicyclic) bond motifs is 2. The number of para-hydroxylation sites is 1. The van der Waals surface area contributed by atoms with Gasteiger partial charge in [0.1, 0.15) is 17.3 Å². The zero-order chi connectivity index (χ0) is 26.4. The molecule has 0 saturated carbocycles. The molecule has 0 spiro atoms. The Labute approximate surface area is 212 Å². The van der Waals surface area contributed by atoms with Crippen LogP contribution in [0.15, 0.2) is 78.0 Å². The van der Waals surface area contributed by atoms with Crippen LogP contribution >= 0.6 is 0 Å². The van der Waals surface area contributed by atoms with Crippen molar-refractivity contribution in [1.29, 1.82) is 0 Å². The number of nitrogens with zero attached hydrogens (tertiary/aromatic N) is 4. The van der Waals surface area contributed by atoms with Gasteiger partial charge in [0.2, 0.25) is 5.95 Å². The Morgan fingerprint density at radius 1 is 0.974 bits per heavy atom. The van der Waals surface area contributed by atoms with Crippen LogP contribution < -0.4 is 25.1 Å². The molecule has 1 aliphatic rings. The highest BCUT2D eigenvalue weighted by Gasteiger charge is 2.43. The van der Waals surface area contributed by atoms with Crippen molar-refractivity contribution in [2.45, 2.75) is 6.29 Å². The summed E-state index contributed by atoms with van der Waals surface area (Å²) in [6, 6.07) is 13.5. The minimum atomic E-state index is -3.75. The number of rotatable bonds is 5. The number of hydrogen-bond donors (Lipinski definition) is 1. The van der Waals surface area contributed by atoms with Gasteiger partial charge in [-0.05, 0) is 36.4 Å². The number of aromatic nitrogens is 4. The van der Waals surface area contributed by atoms with Crippen LogP contribution in [0, 0.1) is 5.82 Å². The van der Waals surface area contributed by atoms with Gasteiger partial charge in [-0.3, -0.25) is 19.3 Å². The van der Waals surface area contributed by atoms with Gasteiger partial charge in [0.05, 0.1) is 28.7 Å². The second-order valence-corrected chi connectivity index (χ2v) is 8.24. The smallest absolute Gasteiger partial charge is 0.455 e. The van der Waals surface area contributed by atoms with E-state index < -0.39 is 17.7 Å². The lowest BCUT2D eigenvalue weighted by Gasteiger charge is -2.12. The first-order valence-electron chi connectivity index (χ1n) is 11.2. The van der Waals surface area contributed by atoms with Gasteiger partial charge >= 0.3 is 6.29 Å². The molecule has 9 nitrogen and oxygen atoms in total. The maximum Gasteiger partial charge on any atom is 0.586 e. The van der Waals surface area contributed by atoms with E-state index in [1.54, 1.807) is 30.3 Å². The van der Waals surface area contributed by atoms with Crippen LogP contribution in [0.25, 0.3) is 22.2 Å². The van der Waals surface area contributed by atoms with Crippen LogP contribution in [0.3, 0.4) is 0 Å². The Hall–Kier alpha value is -5.13. The van der Waals surface area contributed by atoms with Crippen molar-refractivity contribution in [3.63, 3.8) is 0 Å². The van der Waals surface area contributed by atoms with Crippen LogP contribution in [0.1, 0.15) is 0 Å². The molecule has 0 unspecified atom stereocenters. The standard InChI is InChI=1S/C26H16F3N5O4/c1-34-24(35)16(13-32-25(34)33-19-5-3-2-4-17(19)27)18-7-6-14(12-31-18)36-21-8-9-30-20-11-23-22(10-15(20)21)37-26(28,29)38-23/h2-13H,1H3,(H,32,33). The summed E-state index contributed by atoms with van der Waals surface area (Å²) in [7, 11) is 1.51. The minimum absolute atomic E-state index is 0.122. The Morgan fingerprint density at radius 3 is 2.53 bits per heavy atom. The van der Waals surface area contributed by atoms with E-state index in [1.165, 1.54) is 54.5 Å². The monoisotopic (exact) mass is 519 g/mol. The Balaban J connectivity index is 1.26. The molecular formula is C26H16F3N5O4. The van der Waals surface area contributed by atoms with E-state index >= 15 is 0 Å². The van der Waals surface area contributed by atoms with Gasteiger partial charge in [0, 0.05) is 30.9 Å². The van der Waals surface area contributed by atoms with Crippen LogP contribution in [0.4, 0.5) is 24.8 Å². The third-order valence-corrected chi connectivity index (χ3v) is 5.75. The van der Waals surface area contributed by atoms with Gasteiger partial charge < -0.3 is 19.5 Å². The summed E-state index contributed by atoms with van der Waals surface area (Å²) in [5.41, 5.74) is 0.719. The summed E-state index contributed by atoms with van der Waals surface area (Å²) in [5, 5.41) is 3.23. The summed E-state index contributed by atoms with van der Waals surface area (Å²) >= 11 is 0. The second-order valence-electron chi connectivity index (χ2n) is 8.24. The molecule has 12 heteroatoms. The first-order chi connectivity index (χ1) is 18.3. The maximum absolute atomic E-state index is 14.0. The average Bonchev–Trinajstić information content (AvgIpc) is 3.20. The highest BCUT2D eigenvalue weighted by Crippen LogP contribution is 2.44. The Morgan fingerprint density at radius 2 is 1.76 bits per heavy atom. The van der Waals surface area contributed by atoms with Crippen molar-refractivity contribution in [3.8, 4) is 34.3 Å². The zero-order valence-electron chi connectivity index (χ0n) is 19.5. The first kappa shape index (κ1) is 23.3. The Bertz CT molecular complexity index is 1760. The van der Waals surface area contributed by atoms with E-state index in [4.69, 9.17) is 4.74 Å². The quantitative estimate of drug-likeness (QED) is 0.330. The van der Waals surface area contributed by atoms with Gasteiger partial charge in [0.25, 0.3) is 5.56 Å². The molecule has 1 N–H and O–H groups in total. The molecule has 0 radical (unpaired) electrons. The topological polar surface area (TPSA) is 100 Å². The van der Waals surface area contributed by atoms with Crippen molar-refractivity contribution in [1.82, 2.24) is 19.5 Å². The number of pyridine rings is 2. The van der Waals surface area contributed by atoms with Crippen LogP contribution in [0.5, 0.6) is 23.0 Å². The predicted molar refractivity (Wildman–Crippen MR) is 130 cm³/mol. The van der Waals surface area contributed by atoms with Crippen LogP contribution in [-0.2, 0) is 7.05 Å². The lowest BCUT2D eigenvalue weighted by atomic mass is 10.2.